The molecule has 0 radical (unpaired) electrons. The third kappa shape index (κ3) is 2.36. The number of carbonyl (C=O) groups is 2. The first-order valence-electron chi connectivity index (χ1n) is 7.37. The largest absolute Gasteiger partial charge is 0.327 e. The Kier molecular flexibility index (Phi) is 4.13. The summed E-state index contributed by atoms with van der Waals surface area (Å²) in [4.78, 5) is 28.3. The molecule has 0 aromatic heterocycles. The third-order valence-electron chi connectivity index (χ3n) is 4.30. The number of hydrogen-bond acceptors (Lipinski definition) is 3. The van der Waals surface area contributed by atoms with Gasteiger partial charge >= 0.3 is 6.03 Å². The van der Waals surface area contributed by atoms with E-state index in [0.29, 0.717) is 19.0 Å². The van der Waals surface area contributed by atoms with Crippen LogP contribution in [0, 0.1) is 5.92 Å². The maximum absolute atomic E-state index is 12.6. The molecule has 0 aromatic rings. The van der Waals surface area contributed by atoms with Crippen molar-refractivity contribution in [2.75, 3.05) is 26.2 Å². The van der Waals surface area contributed by atoms with Crippen LogP contribution in [0.2, 0.25) is 0 Å². The summed E-state index contributed by atoms with van der Waals surface area (Å²) in [7, 11) is 0. The Morgan fingerprint density at radius 1 is 1.26 bits per heavy atom. The molecule has 2 aliphatic rings. The molecule has 1 N–H and O–H groups in total. The normalized spacial score (nSPS) is 22.9. The van der Waals surface area contributed by atoms with Crippen LogP contribution in [0.4, 0.5) is 4.79 Å². The van der Waals surface area contributed by atoms with Gasteiger partial charge in [0.1, 0.15) is 5.54 Å². The standard InChI is InChI=1S/C14H25N3O2/c1-4-16-12(18)14(6-8-15-9-7-14)17(13(16)19)10-5-11(2)3/h11,15H,4-10H2,1-3H3. The summed E-state index contributed by atoms with van der Waals surface area (Å²) in [6.45, 7) is 8.97. The zero-order chi connectivity index (χ0) is 14.0. The molecule has 108 valence electrons. The second kappa shape index (κ2) is 5.49. The molecule has 19 heavy (non-hydrogen) atoms. The van der Waals surface area contributed by atoms with Gasteiger partial charge in [0.05, 0.1) is 0 Å². The van der Waals surface area contributed by atoms with E-state index in [1.807, 2.05) is 11.8 Å². The minimum Gasteiger partial charge on any atom is -0.317 e. The molecule has 0 aliphatic carbocycles. The molecule has 2 aliphatic heterocycles. The van der Waals surface area contributed by atoms with E-state index in [2.05, 4.69) is 19.2 Å². The quantitative estimate of drug-likeness (QED) is 0.784. The minimum atomic E-state index is -0.562. The first-order chi connectivity index (χ1) is 9.03. The maximum Gasteiger partial charge on any atom is 0.327 e. The Hall–Kier alpha value is -1.10. The highest BCUT2D eigenvalue weighted by molar-refractivity contribution is 6.07. The number of rotatable bonds is 4. The topological polar surface area (TPSA) is 52.7 Å². The number of urea groups is 1. The van der Waals surface area contributed by atoms with Gasteiger partial charge in [0.25, 0.3) is 5.91 Å². The van der Waals surface area contributed by atoms with Gasteiger partial charge < -0.3 is 10.2 Å². The summed E-state index contributed by atoms with van der Waals surface area (Å²) in [5.74, 6) is 0.558. The van der Waals surface area contributed by atoms with Crippen molar-refractivity contribution in [2.24, 2.45) is 5.92 Å². The summed E-state index contributed by atoms with van der Waals surface area (Å²) in [6.07, 6.45) is 2.43. The zero-order valence-electron chi connectivity index (χ0n) is 12.2. The van der Waals surface area contributed by atoms with Gasteiger partial charge in [-0.15, -0.1) is 0 Å². The smallest absolute Gasteiger partial charge is 0.317 e. The third-order valence-corrected chi connectivity index (χ3v) is 4.30. The van der Waals surface area contributed by atoms with Crippen LogP contribution in [-0.2, 0) is 4.79 Å². The highest BCUT2D eigenvalue weighted by Gasteiger charge is 2.56. The number of hydrogen-bond donors (Lipinski definition) is 1. The summed E-state index contributed by atoms with van der Waals surface area (Å²) in [5, 5.41) is 3.28. The van der Waals surface area contributed by atoms with Crippen LogP contribution in [0.5, 0.6) is 0 Å². The molecule has 2 fully saturated rings. The van der Waals surface area contributed by atoms with Crippen LogP contribution in [0.3, 0.4) is 0 Å². The van der Waals surface area contributed by atoms with Gasteiger partial charge in [0.15, 0.2) is 0 Å². The van der Waals surface area contributed by atoms with Crippen LogP contribution in [0.25, 0.3) is 0 Å². The first-order valence-corrected chi connectivity index (χ1v) is 7.37. The van der Waals surface area contributed by atoms with Gasteiger partial charge in [-0.2, -0.15) is 0 Å². The van der Waals surface area contributed by atoms with Gasteiger partial charge in [-0.1, -0.05) is 13.8 Å². The Labute approximate surface area is 115 Å². The second-order valence-corrected chi connectivity index (χ2v) is 5.95. The molecule has 2 saturated heterocycles. The lowest BCUT2D eigenvalue weighted by Crippen LogP contribution is -2.56. The number of nitrogens with zero attached hydrogens (tertiary/aromatic N) is 2. The molecule has 1 spiro atoms. The molecule has 0 atom stereocenters. The molecule has 5 nitrogen and oxygen atoms in total. The first kappa shape index (κ1) is 14.3. The number of nitrogens with one attached hydrogen (secondary N) is 1. The van der Waals surface area contributed by atoms with E-state index in [1.165, 1.54) is 4.90 Å². The molecular weight excluding hydrogens is 242 g/mol. The summed E-state index contributed by atoms with van der Waals surface area (Å²) in [6, 6.07) is -0.0879. The van der Waals surface area contributed by atoms with E-state index < -0.39 is 5.54 Å². The van der Waals surface area contributed by atoms with Crippen molar-refractivity contribution in [1.29, 1.82) is 0 Å². The fraction of sp³-hybridized carbons (Fsp3) is 0.857. The summed E-state index contributed by atoms with van der Waals surface area (Å²) >= 11 is 0. The van der Waals surface area contributed by atoms with Crippen LogP contribution >= 0.6 is 0 Å². The van der Waals surface area contributed by atoms with Crippen LogP contribution < -0.4 is 5.32 Å². The highest BCUT2D eigenvalue weighted by atomic mass is 16.2. The lowest BCUT2D eigenvalue weighted by atomic mass is 9.86. The fourth-order valence-electron chi connectivity index (χ4n) is 3.08. The SMILES string of the molecule is CCN1C(=O)N(CCC(C)C)C2(CCNCC2)C1=O. The summed E-state index contributed by atoms with van der Waals surface area (Å²) < 4.78 is 0. The van der Waals surface area contributed by atoms with Crippen molar-refractivity contribution in [2.45, 2.75) is 45.6 Å². The van der Waals surface area contributed by atoms with E-state index in [9.17, 15) is 9.59 Å². The Morgan fingerprint density at radius 3 is 2.42 bits per heavy atom. The predicted molar refractivity (Wildman–Crippen MR) is 73.8 cm³/mol. The van der Waals surface area contributed by atoms with Crippen molar-refractivity contribution >= 4 is 11.9 Å². The Bertz CT molecular complexity index is 362. The average Bonchev–Trinajstić information content (AvgIpc) is 2.57. The van der Waals surface area contributed by atoms with Crippen LogP contribution in [0.15, 0.2) is 0 Å². The fourth-order valence-corrected chi connectivity index (χ4v) is 3.08. The molecule has 3 amide bonds. The van der Waals surface area contributed by atoms with Gasteiger partial charge in [0.2, 0.25) is 0 Å². The van der Waals surface area contributed by atoms with Gasteiger partial charge in [-0.25, -0.2) is 4.79 Å². The Morgan fingerprint density at radius 2 is 1.89 bits per heavy atom. The predicted octanol–water partition coefficient (Wildman–Crippen LogP) is 1.44. The van der Waals surface area contributed by atoms with E-state index in [0.717, 1.165) is 32.4 Å². The molecule has 5 heteroatoms. The lowest BCUT2D eigenvalue weighted by molar-refractivity contribution is -0.134. The van der Waals surface area contributed by atoms with Crippen molar-refractivity contribution in [3.63, 3.8) is 0 Å². The van der Waals surface area contributed by atoms with Crippen LogP contribution in [-0.4, -0.2) is 53.5 Å². The van der Waals surface area contributed by atoms with Gasteiger partial charge in [0, 0.05) is 13.1 Å². The Balaban J connectivity index is 2.24. The van der Waals surface area contributed by atoms with Gasteiger partial charge in [-0.05, 0) is 45.2 Å². The second-order valence-electron chi connectivity index (χ2n) is 5.95. The average molecular weight is 267 g/mol. The molecular formula is C14H25N3O2. The van der Waals surface area contributed by atoms with Crippen molar-refractivity contribution in [3.8, 4) is 0 Å². The zero-order valence-corrected chi connectivity index (χ0v) is 12.2. The molecule has 0 unspecified atom stereocenters. The van der Waals surface area contributed by atoms with E-state index >= 15 is 0 Å². The molecule has 2 heterocycles. The monoisotopic (exact) mass is 267 g/mol. The van der Waals surface area contributed by atoms with Gasteiger partial charge in [-0.3, -0.25) is 9.69 Å². The highest BCUT2D eigenvalue weighted by Crippen LogP contribution is 2.35. The van der Waals surface area contributed by atoms with E-state index in [-0.39, 0.29) is 11.9 Å². The van der Waals surface area contributed by atoms with Crippen LogP contribution in [0.1, 0.15) is 40.0 Å². The number of amides is 3. The van der Waals surface area contributed by atoms with E-state index in [4.69, 9.17) is 0 Å². The molecule has 2 rings (SSSR count). The van der Waals surface area contributed by atoms with E-state index in [1.54, 1.807) is 0 Å². The number of likely N-dealkylation sites (N-methyl/N-ethyl adjacent to an activating group) is 1. The molecule has 0 bridgehead atoms. The lowest BCUT2D eigenvalue weighted by Gasteiger charge is -2.38. The molecule has 0 saturated carbocycles. The maximum atomic E-state index is 12.6. The summed E-state index contributed by atoms with van der Waals surface area (Å²) in [5.41, 5.74) is -0.562. The molecule has 0 aromatic carbocycles. The number of piperidine rings is 1. The van der Waals surface area contributed by atoms with Crippen molar-refractivity contribution < 1.29 is 9.59 Å². The van der Waals surface area contributed by atoms with Crippen molar-refractivity contribution in [1.82, 2.24) is 15.1 Å². The van der Waals surface area contributed by atoms with Crippen molar-refractivity contribution in [3.05, 3.63) is 0 Å². The number of carbonyl (C=O) groups excluding carboxylic acids is 2. The minimum absolute atomic E-state index is 0.0188. The number of imide groups is 1.